The van der Waals surface area contributed by atoms with Crippen molar-refractivity contribution in [2.24, 2.45) is 0 Å². The quantitative estimate of drug-likeness (QED) is 0.266. The molecule has 2 heterocycles. The maximum atomic E-state index is 12.5. The molecule has 0 bridgehead atoms. The van der Waals surface area contributed by atoms with E-state index in [1.54, 1.807) is 30.3 Å². The molecule has 2 aromatic rings. The summed E-state index contributed by atoms with van der Waals surface area (Å²) in [6.45, 7) is 0. The highest BCUT2D eigenvalue weighted by Gasteiger charge is 2.65. The van der Waals surface area contributed by atoms with Gasteiger partial charge in [0, 0.05) is 5.56 Å². The number of aliphatic hydroxyl groups excluding tert-OH is 1. The summed E-state index contributed by atoms with van der Waals surface area (Å²) in [4.78, 5) is 38.0. The summed E-state index contributed by atoms with van der Waals surface area (Å²) in [6.07, 6.45) is 0. The van der Waals surface area contributed by atoms with Crippen LogP contribution < -0.4 is 9.64 Å². The fraction of sp³-hybridized carbons (Fsp3) is 0.0556. The number of Topliss-reactive ketones (excluding diaryl/α,β-unsaturated/α-hetero) is 1. The molecule has 2 aliphatic rings. The number of para-hydroxylation sites is 2. The maximum absolute atomic E-state index is 12.5. The van der Waals surface area contributed by atoms with Crippen LogP contribution in [-0.4, -0.2) is 33.6 Å². The lowest BCUT2D eigenvalue weighted by molar-refractivity contribution is -0.153. The van der Waals surface area contributed by atoms with Crippen LogP contribution in [0.5, 0.6) is 5.75 Å². The number of nitrogens with zero attached hydrogens (tertiary/aromatic N) is 1. The Hall–Kier alpha value is -3.45. The number of anilines is 1. The van der Waals surface area contributed by atoms with Crippen LogP contribution >= 0.6 is 0 Å². The lowest BCUT2D eigenvalue weighted by atomic mass is 9.97. The van der Waals surface area contributed by atoms with Gasteiger partial charge in [-0.3, -0.25) is 14.5 Å². The van der Waals surface area contributed by atoms with Gasteiger partial charge in [0.2, 0.25) is 0 Å². The van der Waals surface area contributed by atoms with E-state index in [1.165, 1.54) is 24.3 Å². The van der Waals surface area contributed by atoms with Crippen molar-refractivity contribution in [1.82, 2.24) is 0 Å². The van der Waals surface area contributed by atoms with Crippen molar-refractivity contribution < 1.29 is 29.3 Å². The van der Waals surface area contributed by atoms with Crippen molar-refractivity contribution in [3.05, 3.63) is 65.7 Å². The summed E-state index contributed by atoms with van der Waals surface area (Å²) in [7, 11) is 0. The minimum Gasteiger partial charge on any atom is -0.507 e. The van der Waals surface area contributed by atoms with Gasteiger partial charge in [0.15, 0.2) is 5.75 Å². The first-order valence-corrected chi connectivity index (χ1v) is 7.38. The van der Waals surface area contributed by atoms with Gasteiger partial charge in [-0.05, 0) is 12.1 Å². The summed E-state index contributed by atoms with van der Waals surface area (Å²) in [6, 6.07) is 13.9. The molecule has 1 amide bonds. The van der Waals surface area contributed by atoms with E-state index in [9.17, 15) is 24.6 Å². The van der Waals surface area contributed by atoms with Gasteiger partial charge in [0.05, 0.1) is 5.69 Å². The van der Waals surface area contributed by atoms with Crippen molar-refractivity contribution in [2.45, 2.75) is 5.72 Å². The van der Waals surface area contributed by atoms with Gasteiger partial charge >= 0.3 is 11.9 Å². The van der Waals surface area contributed by atoms with E-state index in [2.05, 4.69) is 0 Å². The van der Waals surface area contributed by atoms with Crippen LogP contribution in [0.15, 0.2) is 60.2 Å². The molecule has 1 atom stereocenters. The normalized spacial score (nSPS) is 23.9. The molecule has 25 heavy (non-hydrogen) atoms. The molecule has 0 aliphatic carbocycles. The molecule has 2 N–H and O–H groups in total. The number of carbonyl (C=O) groups is 3. The van der Waals surface area contributed by atoms with Crippen LogP contribution in [0.2, 0.25) is 0 Å². The molecule has 0 radical (unpaired) electrons. The SMILES string of the molecule is O=C1C(=O)N2c3ccccc3OC(=O)C2(O)C1=C(O)c1ccccc1. The second-order valence-corrected chi connectivity index (χ2v) is 5.59. The van der Waals surface area contributed by atoms with Crippen LogP contribution in [-0.2, 0) is 14.4 Å². The molecule has 2 aliphatic heterocycles. The lowest BCUT2D eigenvalue weighted by Crippen LogP contribution is -2.57. The second kappa shape index (κ2) is 5.02. The second-order valence-electron chi connectivity index (χ2n) is 5.59. The van der Waals surface area contributed by atoms with E-state index in [0.29, 0.717) is 4.90 Å². The first kappa shape index (κ1) is 15.1. The molecule has 1 unspecified atom stereocenters. The maximum Gasteiger partial charge on any atom is 0.371 e. The zero-order chi connectivity index (χ0) is 17.8. The lowest BCUT2D eigenvalue weighted by Gasteiger charge is -2.36. The van der Waals surface area contributed by atoms with E-state index in [0.717, 1.165) is 0 Å². The monoisotopic (exact) mass is 337 g/mol. The van der Waals surface area contributed by atoms with Crippen molar-refractivity contribution in [3.8, 4) is 5.75 Å². The smallest absolute Gasteiger partial charge is 0.371 e. The number of hydrogen-bond acceptors (Lipinski definition) is 6. The Kier molecular flexibility index (Phi) is 3.03. The molecule has 2 aromatic carbocycles. The largest absolute Gasteiger partial charge is 0.507 e. The summed E-state index contributed by atoms with van der Waals surface area (Å²) in [5, 5.41) is 21.4. The van der Waals surface area contributed by atoms with E-state index < -0.39 is 34.7 Å². The number of aliphatic hydroxyl groups is 2. The Balaban J connectivity index is 2.00. The molecule has 0 aromatic heterocycles. The fourth-order valence-corrected chi connectivity index (χ4v) is 3.01. The predicted octanol–water partition coefficient (Wildman–Crippen LogP) is 1.18. The Bertz CT molecular complexity index is 965. The highest BCUT2D eigenvalue weighted by molar-refractivity contribution is 6.54. The summed E-state index contributed by atoms with van der Waals surface area (Å²) in [5.74, 6) is -4.14. The fourth-order valence-electron chi connectivity index (χ4n) is 3.01. The predicted molar refractivity (Wildman–Crippen MR) is 85.5 cm³/mol. The minimum absolute atomic E-state index is 0.0405. The Labute approximate surface area is 141 Å². The Morgan fingerprint density at radius 3 is 2.32 bits per heavy atom. The number of ketones is 1. The highest BCUT2D eigenvalue weighted by atomic mass is 16.6. The summed E-state index contributed by atoms with van der Waals surface area (Å²) >= 11 is 0. The summed E-state index contributed by atoms with van der Waals surface area (Å²) in [5.41, 5.74) is -3.19. The Morgan fingerprint density at radius 2 is 1.60 bits per heavy atom. The van der Waals surface area contributed by atoms with Crippen molar-refractivity contribution >= 4 is 29.1 Å². The third-order valence-corrected chi connectivity index (χ3v) is 4.17. The van der Waals surface area contributed by atoms with Gasteiger partial charge in [0.25, 0.3) is 11.5 Å². The van der Waals surface area contributed by atoms with Gasteiger partial charge in [-0.15, -0.1) is 0 Å². The van der Waals surface area contributed by atoms with Gasteiger partial charge < -0.3 is 14.9 Å². The molecule has 0 spiro atoms. The number of ether oxygens (including phenoxy) is 1. The number of rotatable bonds is 1. The van der Waals surface area contributed by atoms with E-state index in [4.69, 9.17) is 4.74 Å². The van der Waals surface area contributed by atoms with Crippen LogP contribution in [0.3, 0.4) is 0 Å². The van der Waals surface area contributed by atoms with Gasteiger partial charge in [-0.2, -0.15) is 0 Å². The van der Waals surface area contributed by atoms with E-state index in [1.807, 2.05) is 0 Å². The molecule has 1 saturated heterocycles. The van der Waals surface area contributed by atoms with Crippen LogP contribution in [0.25, 0.3) is 5.76 Å². The topological polar surface area (TPSA) is 104 Å². The van der Waals surface area contributed by atoms with Crippen LogP contribution in [0.1, 0.15) is 5.56 Å². The van der Waals surface area contributed by atoms with Gasteiger partial charge in [0.1, 0.15) is 11.3 Å². The molecule has 0 saturated carbocycles. The molecular weight excluding hydrogens is 326 g/mol. The standard InChI is InChI=1S/C18H11NO6/c20-14(10-6-2-1-3-7-10)13-15(21)16(22)19-11-8-4-5-9-12(11)25-17(23)18(13,19)24/h1-9,20,24H. The number of hydrogen-bond donors (Lipinski definition) is 2. The summed E-state index contributed by atoms with van der Waals surface area (Å²) < 4.78 is 5.08. The average Bonchev–Trinajstić information content (AvgIpc) is 2.83. The van der Waals surface area contributed by atoms with Crippen LogP contribution in [0.4, 0.5) is 5.69 Å². The van der Waals surface area contributed by atoms with E-state index >= 15 is 0 Å². The van der Waals surface area contributed by atoms with Gasteiger partial charge in [-0.25, -0.2) is 4.79 Å². The third kappa shape index (κ3) is 1.87. The van der Waals surface area contributed by atoms with Gasteiger partial charge in [-0.1, -0.05) is 42.5 Å². The zero-order valence-corrected chi connectivity index (χ0v) is 12.7. The zero-order valence-electron chi connectivity index (χ0n) is 12.7. The first-order valence-electron chi connectivity index (χ1n) is 7.38. The number of benzene rings is 2. The number of esters is 1. The van der Waals surface area contributed by atoms with Crippen molar-refractivity contribution in [3.63, 3.8) is 0 Å². The molecule has 4 rings (SSSR count). The Morgan fingerprint density at radius 1 is 0.960 bits per heavy atom. The first-order chi connectivity index (χ1) is 12.0. The van der Waals surface area contributed by atoms with E-state index in [-0.39, 0.29) is 17.0 Å². The molecule has 7 nitrogen and oxygen atoms in total. The molecule has 7 heteroatoms. The number of amides is 1. The third-order valence-electron chi connectivity index (χ3n) is 4.17. The van der Waals surface area contributed by atoms with Crippen LogP contribution in [0, 0.1) is 0 Å². The number of fused-ring (bicyclic) bond motifs is 3. The molecule has 124 valence electrons. The molecule has 1 fully saturated rings. The van der Waals surface area contributed by atoms with Crippen molar-refractivity contribution in [1.29, 1.82) is 0 Å². The van der Waals surface area contributed by atoms with Crippen molar-refractivity contribution in [2.75, 3.05) is 4.90 Å². The number of carbonyl (C=O) groups excluding carboxylic acids is 3. The highest BCUT2D eigenvalue weighted by Crippen LogP contribution is 2.46. The average molecular weight is 337 g/mol. The minimum atomic E-state index is -2.72. The molecular formula is C18H11NO6.